The van der Waals surface area contributed by atoms with E-state index >= 15 is 0 Å². The molecule has 18 heavy (non-hydrogen) atoms. The van der Waals surface area contributed by atoms with E-state index in [1.54, 1.807) is 0 Å². The topological polar surface area (TPSA) is 54.9 Å². The highest BCUT2D eigenvalue weighted by molar-refractivity contribution is 7.15. The van der Waals surface area contributed by atoms with E-state index in [0.29, 0.717) is 11.0 Å². The van der Waals surface area contributed by atoms with Crippen LogP contribution in [0, 0.1) is 24.2 Å². The Bertz CT molecular complexity index is 500. The first-order valence-electron chi connectivity index (χ1n) is 6.08. The minimum atomic E-state index is 0.0385. The second kappa shape index (κ2) is 4.46. The van der Waals surface area contributed by atoms with Crippen LogP contribution in [0.4, 0.5) is 5.13 Å². The van der Waals surface area contributed by atoms with Crippen LogP contribution in [-0.2, 0) is 4.79 Å². The maximum Gasteiger partial charge on any atom is 0.230 e. The van der Waals surface area contributed by atoms with Gasteiger partial charge in [0.25, 0.3) is 0 Å². The lowest BCUT2D eigenvalue weighted by Gasteiger charge is -2.01. The summed E-state index contributed by atoms with van der Waals surface area (Å²) in [6.07, 6.45) is 2.19. The Balaban J connectivity index is 2.05. The average molecular weight is 265 g/mol. The molecule has 0 aromatic carbocycles. The molecule has 0 unspecified atom stereocenters. The van der Waals surface area contributed by atoms with Gasteiger partial charge in [-0.05, 0) is 32.1 Å². The number of amides is 1. The third-order valence-electron chi connectivity index (χ3n) is 3.46. The first-order chi connectivity index (χ1) is 8.32. The van der Waals surface area contributed by atoms with Crippen LogP contribution in [0.5, 0.6) is 0 Å². The number of carbonyl (C=O) groups is 1. The molecule has 1 N–H and O–H groups in total. The highest BCUT2D eigenvalue weighted by Gasteiger charge is 2.60. The number of anilines is 1. The molecule has 2 rings (SSSR count). The third-order valence-corrected chi connectivity index (χ3v) is 4.22. The van der Waals surface area contributed by atoms with Crippen LogP contribution in [0.2, 0.25) is 0 Å². The van der Waals surface area contributed by atoms with Gasteiger partial charge in [0, 0.05) is 0 Å². The molecule has 4 nitrogen and oxygen atoms in total. The van der Waals surface area contributed by atoms with Crippen molar-refractivity contribution in [1.82, 2.24) is 10.2 Å². The van der Waals surface area contributed by atoms with Crippen molar-refractivity contribution in [3.8, 4) is 0 Å². The van der Waals surface area contributed by atoms with Crippen LogP contribution >= 0.6 is 11.3 Å². The summed E-state index contributed by atoms with van der Waals surface area (Å²) in [5.41, 5.74) is 1.30. The minimum absolute atomic E-state index is 0.0385. The normalized spacial score (nSPS) is 24.5. The van der Waals surface area contributed by atoms with Gasteiger partial charge in [0.05, 0.1) is 5.92 Å². The number of carbonyl (C=O) groups excluding carboxylic acids is 1. The summed E-state index contributed by atoms with van der Waals surface area (Å²) in [6.45, 7) is 10.3. The second-order valence-corrected chi connectivity index (χ2v) is 6.87. The van der Waals surface area contributed by atoms with Gasteiger partial charge in [-0.25, -0.2) is 0 Å². The summed E-state index contributed by atoms with van der Waals surface area (Å²) < 4.78 is 0. The fourth-order valence-electron chi connectivity index (χ4n) is 2.38. The number of rotatable bonds is 3. The molecule has 98 valence electrons. The largest absolute Gasteiger partial charge is 0.300 e. The Morgan fingerprint density at radius 1 is 1.39 bits per heavy atom. The zero-order chi connectivity index (χ0) is 13.5. The molecule has 0 aliphatic heterocycles. The molecule has 5 heteroatoms. The van der Waals surface area contributed by atoms with Crippen molar-refractivity contribution in [3.63, 3.8) is 0 Å². The molecule has 1 fully saturated rings. The van der Waals surface area contributed by atoms with Crippen LogP contribution in [0.15, 0.2) is 11.6 Å². The fraction of sp³-hybridized carbons (Fsp3) is 0.615. The lowest BCUT2D eigenvalue weighted by Crippen LogP contribution is -2.16. The van der Waals surface area contributed by atoms with E-state index in [9.17, 15) is 4.79 Å². The Hall–Kier alpha value is -1.23. The molecule has 2 atom stereocenters. The number of allylic oxidation sites excluding steroid dienone is 2. The van der Waals surface area contributed by atoms with Crippen molar-refractivity contribution in [1.29, 1.82) is 0 Å². The van der Waals surface area contributed by atoms with E-state index in [4.69, 9.17) is 0 Å². The van der Waals surface area contributed by atoms with E-state index in [1.807, 2.05) is 6.92 Å². The van der Waals surface area contributed by atoms with Crippen LogP contribution in [0.25, 0.3) is 0 Å². The fourth-order valence-corrected chi connectivity index (χ4v) is 2.97. The smallest absolute Gasteiger partial charge is 0.230 e. The van der Waals surface area contributed by atoms with E-state index in [0.717, 1.165) is 5.01 Å². The Kier molecular flexibility index (Phi) is 3.27. The van der Waals surface area contributed by atoms with Crippen molar-refractivity contribution in [3.05, 3.63) is 16.7 Å². The molecule has 1 aromatic heterocycles. The van der Waals surface area contributed by atoms with Gasteiger partial charge in [-0.1, -0.05) is 36.8 Å². The SMILES string of the molecule is CC(C)=C[C@H]1[C@H](C(=O)Nc2nnc(C)s2)C1(C)C. The molecule has 1 amide bonds. The maximum absolute atomic E-state index is 12.2. The summed E-state index contributed by atoms with van der Waals surface area (Å²) in [7, 11) is 0. The highest BCUT2D eigenvalue weighted by atomic mass is 32.1. The van der Waals surface area contributed by atoms with Crippen molar-refractivity contribution in [2.24, 2.45) is 17.3 Å². The molecule has 1 saturated carbocycles. The van der Waals surface area contributed by atoms with Gasteiger partial charge < -0.3 is 5.32 Å². The number of nitrogens with one attached hydrogen (secondary N) is 1. The van der Waals surface area contributed by atoms with Gasteiger partial charge in [-0.3, -0.25) is 4.79 Å². The van der Waals surface area contributed by atoms with Crippen LogP contribution in [0.3, 0.4) is 0 Å². The van der Waals surface area contributed by atoms with E-state index < -0.39 is 0 Å². The van der Waals surface area contributed by atoms with Crippen molar-refractivity contribution < 1.29 is 4.79 Å². The zero-order valence-corrected chi connectivity index (χ0v) is 12.3. The van der Waals surface area contributed by atoms with Gasteiger partial charge in [-0.15, -0.1) is 10.2 Å². The van der Waals surface area contributed by atoms with Crippen molar-refractivity contribution in [2.45, 2.75) is 34.6 Å². The minimum Gasteiger partial charge on any atom is -0.300 e. The van der Waals surface area contributed by atoms with Crippen LogP contribution < -0.4 is 5.32 Å². The molecule has 1 aliphatic rings. The van der Waals surface area contributed by atoms with E-state index in [-0.39, 0.29) is 17.2 Å². The summed E-state index contributed by atoms with van der Waals surface area (Å²) >= 11 is 1.41. The lowest BCUT2D eigenvalue weighted by atomic mass is 10.1. The molecule has 1 aromatic rings. The molecule has 0 spiro atoms. The monoisotopic (exact) mass is 265 g/mol. The lowest BCUT2D eigenvalue weighted by molar-refractivity contribution is -0.118. The molecular weight excluding hydrogens is 246 g/mol. The molecule has 0 radical (unpaired) electrons. The van der Waals surface area contributed by atoms with Gasteiger partial charge in [-0.2, -0.15) is 0 Å². The van der Waals surface area contributed by atoms with Crippen LogP contribution in [-0.4, -0.2) is 16.1 Å². The molecular formula is C13H19N3OS. The molecule has 1 heterocycles. The van der Waals surface area contributed by atoms with Gasteiger partial charge in [0.2, 0.25) is 11.0 Å². The average Bonchev–Trinajstić information content (AvgIpc) is 2.56. The number of hydrogen-bond donors (Lipinski definition) is 1. The number of nitrogens with zero attached hydrogens (tertiary/aromatic N) is 2. The number of aromatic nitrogens is 2. The molecule has 0 bridgehead atoms. The standard InChI is InChI=1S/C13H19N3OS/c1-7(2)6-9-10(13(9,4)5)11(17)14-12-16-15-8(3)18-12/h6,9-10H,1-5H3,(H,14,16,17)/t9-,10+/m0/s1. The quantitative estimate of drug-likeness (QED) is 0.855. The van der Waals surface area contributed by atoms with Gasteiger partial charge in [0.15, 0.2) is 0 Å². The second-order valence-electron chi connectivity index (χ2n) is 5.68. The van der Waals surface area contributed by atoms with Crippen molar-refractivity contribution >= 4 is 22.4 Å². The zero-order valence-electron chi connectivity index (χ0n) is 11.4. The summed E-state index contributed by atoms with van der Waals surface area (Å²) in [5.74, 6) is 0.423. The molecule has 0 saturated heterocycles. The first kappa shape index (κ1) is 13.2. The number of aryl methyl sites for hydroxylation is 1. The van der Waals surface area contributed by atoms with Gasteiger partial charge in [0.1, 0.15) is 5.01 Å². The van der Waals surface area contributed by atoms with E-state index in [2.05, 4.69) is 49.3 Å². The summed E-state index contributed by atoms with van der Waals surface area (Å²) in [4.78, 5) is 12.2. The van der Waals surface area contributed by atoms with Crippen molar-refractivity contribution in [2.75, 3.05) is 5.32 Å². The Morgan fingerprint density at radius 3 is 2.56 bits per heavy atom. The summed E-state index contributed by atoms with van der Waals surface area (Å²) in [5, 5.41) is 12.1. The van der Waals surface area contributed by atoms with Gasteiger partial charge >= 0.3 is 0 Å². The van der Waals surface area contributed by atoms with E-state index in [1.165, 1.54) is 16.9 Å². The third kappa shape index (κ3) is 2.46. The number of hydrogen-bond acceptors (Lipinski definition) is 4. The van der Waals surface area contributed by atoms with Crippen LogP contribution in [0.1, 0.15) is 32.7 Å². The predicted molar refractivity (Wildman–Crippen MR) is 73.5 cm³/mol. The Morgan fingerprint density at radius 2 is 2.06 bits per heavy atom. The predicted octanol–water partition coefficient (Wildman–Crippen LogP) is 3.02. The highest BCUT2D eigenvalue weighted by Crippen LogP contribution is 2.59. The molecule has 1 aliphatic carbocycles. The maximum atomic E-state index is 12.2. The summed E-state index contributed by atoms with van der Waals surface area (Å²) in [6, 6.07) is 0. The first-order valence-corrected chi connectivity index (χ1v) is 6.90. The Labute approximate surface area is 112 Å².